The van der Waals surface area contributed by atoms with Crippen molar-refractivity contribution in [3.05, 3.63) is 71.4 Å². The van der Waals surface area contributed by atoms with Gasteiger partial charge in [0.2, 0.25) is 5.95 Å². The third-order valence-corrected chi connectivity index (χ3v) is 3.65. The highest BCUT2D eigenvalue weighted by molar-refractivity contribution is 5.58. The fourth-order valence-corrected chi connectivity index (χ4v) is 2.64. The molecule has 0 fully saturated rings. The van der Waals surface area contributed by atoms with Gasteiger partial charge in [-0.05, 0) is 42.7 Å². The Bertz CT molecular complexity index is 797. The Hall–Kier alpha value is -2.95. The van der Waals surface area contributed by atoms with Crippen LogP contribution >= 0.6 is 0 Å². The Morgan fingerprint density at radius 3 is 2.42 bits per heavy atom. The lowest BCUT2D eigenvalue weighted by Crippen LogP contribution is -2.19. The smallest absolute Gasteiger partial charge is 0.247 e. The molecular weight excluding hydrogens is 298 g/mol. The van der Waals surface area contributed by atoms with Gasteiger partial charge in [0, 0.05) is 19.3 Å². The number of nitrogens with zero attached hydrogens (tertiary/aromatic N) is 4. The van der Waals surface area contributed by atoms with Crippen LogP contribution in [-0.4, -0.2) is 22.2 Å². The molecule has 5 nitrogen and oxygen atoms in total. The van der Waals surface area contributed by atoms with Crippen LogP contribution in [0, 0.1) is 13.8 Å². The topological polar surface area (TPSA) is 53.9 Å². The van der Waals surface area contributed by atoms with E-state index < -0.39 is 0 Å². The fraction of sp³-hybridized carbons (Fsp3) is 0.211. The highest BCUT2D eigenvalue weighted by atomic mass is 15.3. The molecule has 1 N–H and O–H groups in total. The lowest BCUT2D eigenvalue weighted by atomic mass is 10.1. The quantitative estimate of drug-likeness (QED) is 0.773. The van der Waals surface area contributed by atoms with Gasteiger partial charge < -0.3 is 10.2 Å². The van der Waals surface area contributed by atoms with Crippen molar-refractivity contribution in [3.63, 3.8) is 0 Å². The van der Waals surface area contributed by atoms with Crippen LogP contribution in [0.25, 0.3) is 0 Å². The Morgan fingerprint density at radius 2 is 1.71 bits per heavy atom. The van der Waals surface area contributed by atoms with E-state index in [0.29, 0.717) is 11.8 Å². The summed E-state index contributed by atoms with van der Waals surface area (Å²) in [7, 11) is 1.96. The van der Waals surface area contributed by atoms with E-state index in [1.165, 1.54) is 16.7 Å². The van der Waals surface area contributed by atoms with E-state index in [-0.39, 0.29) is 0 Å². The van der Waals surface area contributed by atoms with Gasteiger partial charge in [-0.15, -0.1) is 5.10 Å². The second-order valence-electron chi connectivity index (χ2n) is 5.98. The maximum Gasteiger partial charge on any atom is 0.247 e. The van der Waals surface area contributed by atoms with Crippen LogP contribution in [0.3, 0.4) is 0 Å². The molecular formula is C19H21N5. The number of hydrogen-bond donors (Lipinski definition) is 1. The van der Waals surface area contributed by atoms with E-state index in [9.17, 15) is 0 Å². The molecule has 122 valence electrons. The predicted molar refractivity (Wildman–Crippen MR) is 97.6 cm³/mol. The van der Waals surface area contributed by atoms with Crippen LogP contribution in [0.2, 0.25) is 0 Å². The van der Waals surface area contributed by atoms with Crippen LogP contribution in [0.1, 0.15) is 16.7 Å². The summed E-state index contributed by atoms with van der Waals surface area (Å²) in [6.45, 7) is 4.89. The molecule has 2 aromatic carbocycles. The molecule has 1 heterocycles. The van der Waals surface area contributed by atoms with Gasteiger partial charge in [0.1, 0.15) is 0 Å². The zero-order chi connectivity index (χ0) is 16.9. The Morgan fingerprint density at radius 1 is 1.00 bits per heavy atom. The van der Waals surface area contributed by atoms with Crippen molar-refractivity contribution < 1.29 is 0 Å². The number of anilines is 3. The molecule has 0 aliphatic rings. The summed E-state index contributed by atoms with van der Waals surface area (Å²) in [6.07, 6.45) is 1.64. The minimum Gasteiger partial charge on any atom is -0.339 e. The molecule has 0 atom stereocenters. The zero-order valence-corrected chi connectivity index (χ0v) is 14.2. The van der Waals surface area contributed by atoms with Gasteiger partial charge in [0.15, 0.2) is 5.82 Å². The highest BCUT2D eigenvalue weighted by Crippen LogP contribution is 2.19. The van der Waals surface area contributed by atoms with E-state index >= 15 is 0 Å². The number of benzene rings is 2. The molecule has 0 aliphatic heterocycles. The first kappa shape index (κ1) is 15.9. The first-order valence-electron chi connectivity index (χ1n) is 7.90. The van der Waals surface area contributed by atoms with Crippen LogP contribution in [0.15, 0.2) is 54.7 Å². The lowest BCUT2D eigenvalue weighted by Gasteiger charge is -2.17. The molecule has 0 amide bonds. The second-order valence-corrected chi connectivity index (χ2v) is 5.98. The van der Waals surface area contributed by atoms with Crippen LogP contribution < -0.4 is 10.2 Å². The molecule has 0 spiro atoms. The fourth-order valence-electron chi connectivity index (χ4n) is 2.64. The standard InChI is InChI=1S/C19H21N5/c1-14-9-15(2)11-17(10-14)21-18-12-20-23-19(22-18)24(3)13-16-7-5-4-6-8-16/h4-12H,13H2,1-3H3,(H,21,22,23). The predicted octanol–water partition coefficient (Wildman–Crippen LogP) is 3.87. The minimum atomic E-state index is 0.591. The third-order valence-electron chi connectivity index (χ3n) is 3.65. The highest BCUT2D eigenvalue weighted by Gasteiger charge is 2.08. The number of nitrogens with one attached hydrogen (secondary N) is 1. The summed E-state index contributed by atoms with van der Waals surface area (Å²) in [5, 5.41) is 11.5. The van der Waals surface area contributed by atoms with Gasteiger partial charge in [-0.3, -0.25) is 0 Å². The van der Waals surface area contributed by atoms with Crippen molar-refractivity contribution in [2.75, 3.05) is 17.3 Å². The van der Waals surface area contributed by atoms with E-state index in [1.54, 1.807) is 6.20 Å². The van der Waals surface area contributed by atoms with Crippen LogP contribution in [0.5, 0.6) is 0 Å². The summed E-state index contributed by atoms with van der Waals surface area (Å²) < 4.78 is 0. The summed E-state index contributed by atoms with van der Waals surface area (Å²) in [5.74, 6) is 1.28. The molecule has 1 aromatic heterocycles. The number of hydrogen-bond acceptors (Lipinski definition) is 5. The maximum absolute atomic E-state index is 4.56. The van der Waals surface area contributed by atoms with Crippen molar-refractivity contribution in [2.24, 2.45) is 0 Å². The molecule has 0 radical (unpaired) electrons. The molecule has 0 aliphatic carbocycles. The van der Waals surface area contributed by atoms with Gasteiger partial charge >= 0.3 is 0 Å². The van der Waals surface area contributed by atoms with Gasteiger partial charge in [0.25, 0.3) is 0 Å². The Balaban J connectivity index is 1.76. The molecule has 3 aromatic rings. The van der Waals surface area contributed by atoms with Crippen molar-refractivity contribution >= 4 is 17.5 Å². The number of rotatable bonds is 5. The zero-order valence-electron chi connectivity index (χ0n) is 14.2. The minimum absolute atomic E-state index is 0.591. The largest absolute Gasteiger partial charge is 0.339 e. The first-order chi connectivity index (χ1) is 11.6. The summed E-state index contributed by atoms with van der Waals surface area (Å²) >= 11 is 0. The number of aryl methyl sites for hydroxylation is 2. The van der Waals surface area contributed by atoms with E-state index in [4.69, 9.17) is 0 Å². The van der Waals surface area contributed by atoms with E-state index in [1.807, 2.05) is 30.1 Å². The van der Waals surface area contributed by atoms with Crippen molar-refractivity contribution in [1.29, 1.82) is 0 Å². The second kappa shape index (κ2) is 7.08. The van der Waals surface area contributed by atoms with Crippen LogP contribution in [-0.2, 0) is 6.54 Å². The van der Waals surface area contributed by atoms with Gasteiger partial charge in [0.05, 0.1) is 6.20 Å². The average molecular weight is 319 g/mol. The van der Waals surface area contributed by atoms with Crippen molar-refractivity contribution in [2.45, 2.75) is 20.4 Å². The molecule has 24 heavy (non-hydrogen) atoms. The normalized spacial score (nSPS) is 10.5. The van der Waals surface area contributed by atoms with E-state index in [2.05, 4.69) is 64.7 Å². The summed E-state index contributed by atoms with van der Waals surface area (Å²) in [5.41, 5.74) is 4.63. The average Bonchev–Trinajstić information content (AvgIpc) is 2.55. The Labute approximate surface area is 142 Å². The number of aromatic nitrogens is 3. The molecule has 3 rings (SSSR count). The SMILES string of the molecule is Cc1cc(C)cc(Nc2cnnc(N(C)Cc3ccccc3)n2)c1. The Kier molecular flexibility index (Phi) is 4.70. The van der Waals surface area contributed by atoms with Crippen LogP contribution in [0.4, 0.5) is 17.5 Å². The van der Waals surface area contributed by atoms with E-state index in [0.717, 1.165) is 12.2 Å². The molecule has 0 bridgehead atoms. The lowest BCUT2D eigenvalue weighted by molar-refractivity contribution is 0.831. The maximum atomic E-state index is 4.56. The monoisotopic (exact) mass is 319 g/mol. The molecule has 5 heteroatoms. The van der Waals surface area contributed by atoms with Gasteiger partial charge in [-0.1, -0.05) is 36.4 Å². The first-order valence-corrected chi connectivity index (χ1v) is 7.90. The van der Waals surface area contributed by atoms with Gasteiger partial charge in [-0.2, -0.15) is 10.1 Å². The van der Waals surface area contributed by atoms with Crippen molar-refractivity contribution in [3.8, 4) is 0 Å². The summed E-state index contributed by atoms with van der Waals surface area (Å²) in [4.78, 5) is 6.55. The van der Waals surface area contributed by atoms with Crippen molar-refractivity contribution in [1.82, 2.24) is 15.2 Å². The molecule has 0 saturated heterocycles. The summed E-state index contributed by atoms with van der Waals surface area (Å²) in [6, 6.07) is 16.5. The van der Waals surface area contributed by atoms with Gasteiger partial charge in [-0.25, -0.2) is 0 Å². The molecule has 0 unspecified atom stereocenters. The third kappa shape index (κ3) is 4.07. The molecule has 0 saturated carbocycles.